The van der Waals surface area contributed by atoms with Gasteiger partial charge < -0.3 is 19.3 Å². The normalized spacial score (nSPS) is 39.3. The number of hydrogen-bond donors (Lipinski definition) is 1. The van der Waals surface area contributed by atoms with Crippen LogP contribution in [0.2, 0.25) is 0 Å². The minimum atomic E-state index is -0.411. The smallest absolute Gasteiger partial charge is 0.174 e. The first-order valence-electron chi connectivity index (χ1n) is 8.29. The molecule has 1 heterocycles. The second-order valence-electron chi connectivity index (χ2n) is 6.64. The van der Waals surface area contributed by atoms with E-state index in [1.165, 1.54) is 6.42 Å². The van der Waals surface area contributed by atoms with Crippen LogP contribution < -0.4 is 0 Å². The third kappa shape index (κ3) is 2.76. The first-order chi connectivity index (χ1) is 9.75. The van der Waals surface area contributed by atoms with Crippen LogP contribution in [-0.2, 0) is 14.2 Å². The summed E-state index contributed by atoms with van der Waals surface area (Å²) < 4.78 is 17.9. The van der Waals surface area contributed by atoms with Crippen molar-refractivity contribution in [2.75, 3.05) is 26.4 Å². The Bertz CT molecular complexity index is 314. The number of hydrogen-bond acceptors (Lipinski definition) is 4. The van der Waals surface area contributed by atoms with Gasteiger partial charge in [-0.3, -0.25) is 0 Å². The van der Waals surface area contributed by atoms with Gasteiger partial charge in [0.1, 0.15) is 0 Å². The second-order valence-corrected chi connectivity index (χ2v) is 6.64. The molecule has 0 amide bonds. The van der Waals surface area contributed by atoms with E-state index in [9.17, 15) is 5.11 Å². The molecule has 0 bridgehead atoms. The molecule has 0 aromatic carbocycles. The fourth-order valence-corrected chi connectivity index (χ4v) is 4.38. The fourth-order valence-electron chi connectivity index (χ4n) is 4.38. The van der Waals surface area contributed by atoms with E-state index in [0.29, 0.717) is 31.0 Å². The van der Waals surface area contributed by atoms with E-state index in [2.05, 4.69) is 6.92 Å². The zero-order chi connectivity index (χ0) is 14.0. The molecule has 3 rings (SSSR count). The van der Waals surface area contributed by atoms with Gasteiger partial charge in [0, 0.05) is 18.9 Å². The minimum absolute atomic E-state index is 0.130. The summed E-state index contributed by atoms with van der Waals surface area (Å²) in [5, 5.41) is 9.91. The van der Waals surface area contributed by atoms with Crippen molar-refractivity contribution in [3.05, 3.63) is 0 Å². The lowest BCUT2D eigenvalue weighted by atomic mass is 9.77. The quantitative estimate of drug-likeness (QED) is 0.787. The summed E-state index contributed by atoms with van der Waals surface area (Å²) in [6.07, 6.45) is 6.01. The molecular formula is C16H28O4. The maximum atomic E-state index is 9.91. The molecule has 1 saturated heterocycles. The highest BCUT2D eigenvalue weighted by Crippen LogP contribution is 2.54. The van der Waals surface area contributed by atoms with Crippen LogP contribution in [-0.4, -0.2) is 43.4 Å². The molecule has 4 heteroatoms. The average molecular weight is 284 g/mol. The van der Waals surface area contributed by atoms with Crippen molar-refractivity contribution in [1.82, 2.24) is 0 Å². The Kier molecular flexibility index (Phi) is 4.65. The molecule has 0 unspecified atom stereocenters. The van der Waals surface area contributed by atoms with Crippen LogP contribution in [0.5, 0.6) is 0 Å². The molecule has 1 spiro atoms. The van der Waals surface area contributed by atoms with Crippen molar-refractivity contribution in [3.63, 3.8) is 0 Å². The SMILES string of the molecule is CCCCOC[C@H]1[C@@H]2CC[C@@H](O)C[C@@H]2CC12OCCO2. The molecule has 1 N–H and O–H groups in total. The topological polar surface area (TPSA) is 47.9 Å². The lowest BCUT2D eigenvalue weighted by Crippen LogP contribution is -2.40. The molecule has 3 aliphatic rings. The van der Waals surface area contributed by atoms with E-state index in [4.69, 9.17) is 14.2 Å². The van der Waals surface area contributed by atoms with Crippen LogP contribution in [0.15, 0.2) is 0 Å². The summed E-state index contributed by atoms with van der Waals surface area (Å²) in [6, 6.07) is 0. The fraction of sp³-hybridized carbons (Fsp3) is 1.00. The Labute approximate surface area is 121 Å². The largest absolute Gasteiger partial charge is 0.393 e. The van der Waals surface area contributed by atoms with Crippen LogP contribution in [0, 0.1) is 17.8 Å². The molecule has 20 heavy (non-hydrogen) atoms. The lowest BCUT2D eigenvalue weighted by Gasteiger charge is -2.34. The Morgan fingerprint density at radius 1 is 1.25 bits per heavy atom. The lowest BCUT2D eigenvalue weighted by molar-refractivity contribution is -0.198. The molecule has 0 aromatic rings. The van der Waals surface area contributed by atoms with Gasteiger partial charge in [-0.05, 0) is 37.5 Å². The van der Waals surface area contributed by atoms with Crippen LogP contribution in [0.1, 0.15) is 45.4 Å². The van der Waals surface area contributed by atoms with Gasteiger partial charge in [-0.2, -0.15) is 0 Å². The number of unbranched alkanes of at least 4 members (excludes halogenated alkanes) is 1. The average Bonchev–Trinajstić information content (AvgIpc) is 3.00. The molecule has 4 nitrogen and oxygen atoms in total. The van der Waals surface area contributed by atoms with Gasteiger partial charge in [0.2, 0.25) is 0 Å². The molecule has 1 aliphatic heterocycles. The third-order valence-electron chi connectivity index (χ3n) is 5.36. The van der Waals surface area contributed by atoms with Gasteiger partial charge in [0.25, 0.3) is 0 Å². The van der Waals surface area contributed by atoms with Crippen molar-refractivity contribution in [1.29, 1.82) is 0 Å². The molecule has 2 aliphatic carbocycles. The molecule has 0 aromatic heterocycles. The van der Waals surface area contributed by atoms with Crippen LogP contribution in [0.3, 0.4) is 0 Å². The third-order valence-corrected chi connectivity index (χ3v) is 5.36. The molecule has 3 fully saturated rings. The van der Waals surface area contributed by atoms with Crippen molar-refractivity contribution in [2.24, 2.45) is 17.8 Å². The number of aliphatic hydroxyl groups is 1. The van der Waals surface area contributed by atoms with E-state index in [1.54, 1.807) is 0 Å². The van der Waals surface area contributed by atoms with Crippen LogP contribution in [0.25, 0.3) is 0 Å². The summed E-state index contributed by atoms with van der Waals surface area (Å²) in [5.41, 5.74) is 0. The van der Waals surface area contributed by atoms with Crippen molar-refractivity contribution in [3.8, 4) is 0 Å². The Hall–Kier alpha value is -0.160. The number of aliphatic hydroxyl groups excluding tert-OH is 1. The van der Waals surface area contributed by atoms with Gasteiger partial charge in [-0.1, -0.05) is 13.3 Å². The van der Waals surface area contributed by atoms with Crippen molar-refractivity contribution in [2.45, 2.75) is 57.3 Å². The van der Waals surface area contributed by atoms with E-state index in [0.717, 1.165) is 45.3 Å². The number of ether oxygens (including phenoxy) is 3. The highest BCUT2D eigenvalue weighted by atomic mass is 16.7. The van der Waals surface area contributed by atoms with Gasteiger partial charge in [-0.25, -0.2) is 0 Å². The molecule has 2 saturated carbocycles. The molecule has 0 radical (unpaired) electrons. The van der Waals surface area contributed by atoms with Crippen molar-refractivity contribution < 1.29 is 19.3 Å². The van der Waals surface area contributed by atoms with E-state index in [-0.39, 0.29) is 6.10 Å². The van der Waals surface area contributed by atoms with E-state index in [1.807, 2.05) is 0 Å². The maximum Gasteiger partial charge on any atom is 0.174 e. The van der Waals surface area contributed by atoms with Gasteiger partial charge >= 0.3 is 0 Å². The van der Waals surface area contributed by atoms with E-state index < -0.39 is 5.79 Å². The molecular weight excluding hydrogens is 256 g/mol. The monoisotopic (exact) mass is 284 g/mol. The summed E-state index contributed by atoms with van der Waals surface area (Å²) in [4.78, 5) is 0. The number of fused-ring (bicyclic) bond motifs is 1. The van der Waals surface area contributed by atoms with Crippen LogP contribution in [0.4, 0.5) is 0 Å². The second kappa shape index (κ2) is 6.30. The number of rotatable bonds is 5. The first kappa shape index (κ1) is 14.8. The summed E-state index contributed by atoms with van der Waals surface area (Å²) in [6.45, 7) is 5.17. The summed E-state index contributed by atoms with van der Waals surface area (Å²) >= 11 is 0. The molecule has 116 valence electrons. The maximum absolute atomic E-state index is 9.91. The molecule has 4 atom stereocenters. The standard InChI is InChI=1S/C16H28O4/c1-2-3-6-18-11-15-14-5-4-13(17)9-12(14)10-16(15)19-7-8-20-16/h12-15,17H,2-11H2,1H3/t12-,13-,14-,15+/m1/s1. The highest BCUT2D eigenvalue weighted by Gasteiger charge is 2.58. The Morgan fingerprint density at radius 2 is 2.05 bits per heavy atom. The summed E-state index contributed by atoms with van der Waals surface area (Å²) in [7, 11) is 0. The van der Waals surface area contributed by atoms with E-state index >= 15 is 0 Å². The van der Waals surface area contributed by atoms with Gasteiger partial charge in [0.05, 0.1) is 25.9 Å². The zero-order valence-electron chi connectivity index (χ0n) is 12.6. The minimum Gasteiger partial charge on any atom is -0.393 e. The predicted molar refractivity (Wildman–Crippen MR) is 75.3 cm³/mol. The zero-order valence-corrected chi connectivity index (χ0v) is 12.6. The Morgan fingerprint density at radius 3 is 2.80 bits per heavy atom. The predicted octanol–water partition coefficient (Wildman–Crippen LogP) is 2.34. The van der Waals surface area contributed by atoms with Gasteiger partial charge in [-0.15, -0.1) is 0 Å². The first-order valence-corrected chi connectivity index (χ1v) is 8.29. The van der Waals surface area contributed by atoms with Crippen molar-refractivity contribution >= 4 is 0 Å². The van der Waals surface area contributed by atoms with Crippen LogP contribution >= 0.6 is 0 Å². The van der Waals surface area contributed by atoms with Gasteiger partial charge in [0.15, 0.2) is 5.79 Å². The summed E-state index contributed by atoms with van der Waals surface area (Å²) in [5.74, 6) is 1.07. The Balaban J connectivity index is 1.66. The highest BCUT2D eigenvalue weighted by molar-refractivity contribution is 5.01.